The lowest BCUT2D eigenvalue weighted by Crippen LogP contribution is -2.39. The maximum atomic E-state index is 11.9. The summed E-state index contributed by atoms with van der Waals surface area (Å²) in [5, 5.41) is 8.97. The molecule has 0 spiro atoms. The predicted octanol–water partition coefficient (Wildman–Crippen LogP) is 0.376. The van der Waals surface area contributed by atoms with E-state index in [-0.39, 0.29) is 6.42 Å². The lowest BCUT2D eigenvalue weighted by atomic mass is 10.1. The number of ether oxygens (including phenoxy) is 1. The second-order valence-electron chi connectivity index (χ2n) is 4.18. The summed E-state index contributed by atoms with van der Waals surface area (Å²) in [6, 6.07) is -0.908. The van der Waals surface area contributed by atoms with E-state index >= 15 is 0 Å². The van der Waals surface area contributed by atoms with Gasteiger partial charge in [-0.1, -0.05) is 0 Å². The number of hydrogen-bond donors (Lipinski definition) is 2. The number of hydrogen-bond acceptors (Lipinski definition) is 4. The molecule has 0 aliphatic carbocycles. The van der Waals surface area contributed by atoms with Gasteiger partial charge in [0.25, 0.3) is 0 Å². The average molecular weight is 207 g/mol. The second kappa shape index (κ2) is 5.26. The van der Waals surface area contributed by atoms with Crippen LogP contribution < -0.4 is 5.73 Å². The minimum atomic E-state index is -1.30. The van der Waals surface area contributed by atoms with Crippen LogP contribution in [0.25, 0.3) is 0 Å². The molecule has 4 nitrogen and oxygen atoms in total. The van der Waals surface area contributed by atoms with E-state index in [1.165, 1.54) is 0 Å². The van der Waals surface area contributed by atoms with Crippen molar-refractivity contribution >= 4 is 5.97 Å². The van der Waals surface area contributed by atoms with Crippen LogP contribution in [-0.2, 0) is 9.53 Å². The molecule has 0 heterocycles. The highest BCUT2D eigenvalue weighted by atomic mass is 19.1. The first-order valence-corrected chi connectivity index (χ1v) is 4.47. The van der Waals surface area contributed by atoms with Gasteiger partial charge in [0.1, 0.15) is 12.3 Å². The molecule has 0 fully saturated rings. The van der Waals surface area contributed by atoms with E-state index in [9.17, 15) is 9.18 Å². The molecule has 14 heavy (non-hydrogen) atoms. The van der Waals surface area contributed by atoms with Gasteiger partial charge in [-0.05, 0) is 20.8 Å². The highest BCUT2D eigenvalue weighted by molar-refractivity contribution is 5.70. The Morgan fingerprint density at radius 2 is 2.07 bits per heavy atom. The summed E-state index contributed by atoms with van der Waals surface area (Å²) in [6.45, 7) is 4.22. The van der Waals surface area contributed by atoms with Crippen LogP contribution in [0.5, 0.6) is 0 Å². The summed E-state index contributed by atoms with van der Waals surface area (Å²) >= 11 is 0. The van der Waals surface area contributed by atoms with Gasteiger partial charge in [0, 0.05) is 6.04 Å². The third-order valence-electron chi connectivity index (χ3n) is 1.47. The summed E-state index contributed by atoms with van der Waals surface area (Å²) in [4.78, 5) is 11.2. The van der Waals surface area contributed by atoms with E-state index in [0.717, 1.165) is 0 Å². The Morgan fingerprint density at radius 1 is 1.57 bits per heavy atom. The van der Waals surface area contributed by atoms with Crippen molar-refractivity contribution in [2.45, 2.75) is 44.9 Å². The van der Waals surface area contributed by atoms with E-state index in [2.05, 4.69) is 0 Å². The fraction of sp³-hybridized carbons (Fsp3) is 0.889. The molecular formula is C9H18FNO3. The number of alkyl halides is 1. The van der Waals surface area contributed by atoms with E-state index in [1.54, 1.807) is 20.8 Å². The van der Waals surface area contributed by atoms with Crippen molar-refractivity contribution in [3.63, 3.8) is 0 Å². The summed E-state index contributed by atoms with van der Waals surface area (Å²) < 4.78 is 16.9. The van der Waals surface area contributed by atoms with Crippen LogP contribution in [0.2, 0.25) is 0 Å². The maximum Gasteiger partial charge on any atom is 0.307 e. The highest BCUT2D eigenvalue weighted by Crippen LogP contribution is 2.09. The van der Waals surface area contributed by atoms with Crippen LogP contribution in [0.4, 0.5) is 4.39 Å². The lowest BCUT2D eigenvalue weighted by molar-refractivity contribution is -0.155. The van der Waals surface area contributed by atoms with Gasteiger partial charge < -0.3 is 15.6 Å². The zero-order chi connectivity index (χ0) is 11.4. The molecule has 0 radical (unpaired) electrons. The Kier molecular flexibility index (Phi) is 5.01. The zero-order valence-corrected chi connectivity index (χ0v) is 8.79. The molecule has 0 saturated carbocycles. The molecule has 0 rings (SSSR count). The number of halogens is 1. The van der Waals surface area contributed by atoms with Crippen molar-refractivity contribution < 1.29 is 19.0 Å². The SMILES string of the molecule is CC(C)(C)OC(=O)CC(N)C(O)CF. The zero-order valence-electron chi connectivity index (χ0n) is 8.79. The predicted molar refractivity (Wildman–Crippen MR) is 50.4 cm³/mol. The molecule has 0 aromatic carbocycles. The Morgan fingerprint density at radius 3 is 2.43 bits per heavy atom. The summed E-state index contributed by atoms with van der Waals surface area (Å²) in [5.41, 5.74) is 4.77. The molecule has 0 aromatic heterocycles. The van der Waals surface area contributed by atoms with Crippen LogP contribution in [0.1, 0.15) is 27.2 Å². The van der Waals surface area contributed by atoms with Crippen LogP contribution in [0.15, 0.2) is 0 Å². The van der Waals surface area contributed by atoms with E-state index in [4.69, 9.17) is 15.6 Å². The Hall–Kier alpha value is -0.680. The Balaban J connectivity index is 3.95. The van der Waals surface area contributed by atoms with Crippen molar-refractivity contribution in [1.29, 1.82) is 0 Å². The number of rotatable bonds is 4. The second-order valence-corrected chi connectivity index (χ2v) is 4.18. The quantitative estimate of drug-likeness (QED) is 0.653. The van der Waals surface area contributed by atoms with E-state index < -0.39 is 30.4 Å². The molecule has 0 aliphatic heterocycles. The first kappa shape index (κ1) is 13.3. The minimum Gasteiger partial charge on any atom is -0.460 e. The van der Waals surface area contributed by atoms with Crippen LogP contribution in [-0.4, -0.2) is 35.5 Å². The summed E-state index contributed by atoms with van der Waals surface area (Å²) in [6.07, 6.45) is -1.48. The third kappa shape index (κ3) is 5.88. The molecule has 0 aliphatic rings. The number of carbonyl (C=O) groups excluding carboxylic acids is 1. The Bertz CT molecular complexity index is 191. The van der Waals surface area contributed by atoms with Crippen molar-refractivity contribution in [3.8, 4) is 0 Å². The van der Waals surface area contributed by atoms with Gasteiger partial charge in [0.15, 0.2) is 0 Å². The normalized spacial score (nSPS) is 16.1. The topological polar surface area (TPSA) is 72.5 Å². The van der Waals surface area contributed by atoms with Crippen LogP contribution in [0.3, 0.4) is 0 Å². The van der Waals surface area contributed by atoms with Gasteiger partial charge in [-0.2, -0.15) is 0 Å². The molecule has 84 valence electrons. The van der Waals surface area contributed by atoms with E-state index in [1.807, 2.05) is 0 Å². The van der Waals surface area contributed by atoms with Crippen molar-refractivity contribution in [1.82, 2.24) is 0 Å². The first-order valence-electron chi connectivity index (χ1n) is 4.47. The number of aliphatic hydroxyl groups is 1. The number of nitrogens with two attached hydrogens (primary N) is 1. The molecule has 0 saturated heterocycles. The van der Waals surface area contributed by atoms with Crippen LogP contribution >= 0.6 is 0 Å². The molecule has 3 N–H and O–H groups in total. The fourth-order valence-corrected chi connectivity index (χ4v) is 0.826. The maximum absolute atomic E-state index is 11.9. The molecule has 0 bridgehead atoms. The Labute approximate surface area is 83.2 Å². The summed E-state index contributed by atoms with van der Waals surface area (Å²) in [5.74, 6) is -0.530. The van der Waals surface area contributed by atoms with Gasteiger partial charge in [-0.15, -0.1) is 0 Å². The highest BCUT2D eigenvalue weighted by Gasteiger charge is 2.22. The van der Waals surface area contributed by atoms with Crippen molar-refractivity contribution in [2.24, 2.45) is 5.73 Å². The number of carbonyl (C=O) groups is 1. The third-order valence-corrected chi connectivity index (χ3v) is 1.47. The number of esters is 1. The van der Waals surface area contributed by atoms with Gasteiger partial charge >= 0.3 is 5.97 Å². The molecule has 2 atom stereocenters. The molecular weight excluding hydrogens is 189 g/mol. The number of aliphatic hydroxyl groups excluding tert-OH is 1. The van der Waals surface area contributed by atoms with E-state index in [0.29, 0.717) is 0 Å². The van der Waals surface area contributed by atoms with Gasteiger partial charge in [0.2, 0.25) is 0 Å². The van der Waals surface area contributed by atoms with Crippen LogP contribution in [0, 0.1) is 0 Å². The standard InChI is InChI=1S/C9H18FNO3/c1-9(2,3)14-8(13)4-6(11)7(12)5-10/h6-7,12H,4-5,11H2,1-3H3. The molecule has 0 aromatic rings. The van der Waals surface area contributed by atoms with Gasteiger partial charge in [0.05, 0.1) is 12.5 Å². The van der Waals surface area contributed by atoms with Crippen molar-refractivity contribution in [2.75, 3.05) is 6.67 Å². The largest absolute Gasteiger partial charge is 0.460 e. The van der Waals surface area contributed by atoms with Gasteiger partial charge in [-0.25, -0.2) is 4.39 Å². The monoisotopic (exact) mass is 207 g/mol. The molecule has 0 amide bonds. The smallest absolute Gasteiger partial charge is 0.307 e. The van der Waals surface area contributed by atoms with Crippen molar-refractivity contribution in [3.05, 3.63) is 0 Å². The first-order chi connectivity index (χ1) is 6.26. The molecule has 2 unspecified atom stereocenters. The summed E-state index contributed by atoms with van der Waals surface area (Å²) in [7, 11) is 0. The van der Waals surface area contributed by atoms with Gasteiger partial charge in [-0.3, -0.25) is 4.79 Å². The molecule has 5 heteroatoms. The average Bonchev–Trinajstić information content (AvgIpc) is 1.99. The minimum absolute atomic E-state index is 0.178. The lowest BCUT2D eigenvalue weighted by Gasteiger charge is -2.21. The fourth-order valence-electron chi connectivity index (χ4n) is 0.826.